The van der Waals surface area contributed by atoms with Crippen molar-refractivity contribution in [1.29, 1.82) is 0 Å². The molecule has 0 aliphatic carbocycles. The van der Waals surface area contributed by atoms with Crippen molar-refractivity contribution >= 4 is 17.4 Å². The van der Waals surface area contributed by atoms with Crippen molar-refractivity contribution in [3.05, 3.63) is 40.3 Å². The topological polar surface area (TPSA) is 56.3 Å². The zero-order chi connectivity index (χ0) is 15.4. The van der Waals surface area contributed by atoms with E-state index in [2.05, 4.69) is 15.3 Å². The van der Waals surface area contributed by atoms with Gasteiger partial charge in [0.2, 0.25) is 0 Å². The van der Waals surface area contributed by atoms with E-state index in [1.165, 1.54) is 0 Å². The number of anilines is 1. The fourth-order valence-electron chi connectivity index (χ4n) is 1.86. The highest BCUT2D eigenvalue weighted by Gasteiger charge is 2.08. The number of nitrogens with one attached hydrogen (secondary N) is 1. The fraction of sp³-hybridized carbons (Fsp3) is 0.333. The summed E-state index contributed by atoms with van der Waals surface area (Å²) >= 11 is 6.09. The van der Waals surface area contributed by atoms with Crippen LogP contribution in [0.15, 0.2) is 18.2 Å². The van der Waals surface area contributed by atoms with Gasteiger partial charge in [-0.3, -0.25) is 0 Å². The maximum atomic E-state index is 6.09. The summed E-state index contributed by atoms with van der Waals surface area (Å²) in [6.07, 6.45) is 0. The molecule has 2 aromatic rings. The van der Waals surface area contributed by atoms with Gasteiger partial charge in [0.15, 0.2) is 22.5 Å². The minimum atomic E-state index is 0.374. The Morgan fingerprint density at radius 1 is 1.05 bits per heavy atom. The lowest BCUT2D eigenvalue weighted by molar-refractivity contribution is 0.354. The molecule has 0 unspecified atom stereocenters. The second-order valence-electron chi connectivity index (χ2n) is 4.58. The van der Waals surface area contributed by atoms with E-state index in [0.717, 1.165) is 17.0 Å². The third-order valence-corrected chi connectivity index (χ3v) is 3.44. The third-order valence-electron chi connectivity index (χ3n) is 3.17. The van der Waals surface area contributed by atoms with Gasteiger partial charge in [-0.1, -0.05) is 17.7 Å². The Balaban J connectivity index is 2.15. The molecule has 1 heterocycles. The van der Waals surface area contributed by atoms with Gasteiger partial charge in [-0.15, -0.1) is 0 Å². The molecule has 112 valence electrons. The van der Waals surface area contributed by atoms with Crippen LogP contribution < -0.4 is 14.8 Å². The van der Waals surface area contributed by atoms with E-state index in [0.29, 0.717) is 29.0 Å². The summed E-state index contributed by atoms with van der Waals surface area (Å²) in [6, 6.07) is 5.73. The number of ether oxygens (including phenoxy) is 2. The number of halogens is 1. The van der Waals surface area contributed by atoms with Crippen molar-refractivity contribution in [3.63, 3.8) is 0 Å². The summed E-state index contributed by atoms with van der Waals surface area (Å²) < 4.78 is 10.5. The highest BCUT2D eigenvalue weighted by Crippen LogP contribution is 2.28. The van der Waals surface area contributed by atoms with E-state index in [1.54, 1.807) is 14.2 Å². The molecule has 0 saturated carbocycles. The van der Waals surface area contributed by atoms with Gasteiger partial charge in [-0.25, -0.2) is 9.97 Å². The van der Waals surface area contributed by atoms with Gasteiger partial charge in [-0.2, -0.15) is 0 Å². The zero-order valence-corrected chi connectivity index (χ0v) is 13.3. The largest absolute Gasteiger partial charge is 0.493 e. The molecule has 1 aromatic heterocycles. The van der Waals surface area contributed by atoms with Crippen molar-refractivity contribution in [2.75, 3.05) is 19.5 Å². The van der Waals surface area contributed by atoms with Gasteiger partial charge in [0, 0.05) is 6.54 Å². The molecule has 0 amide bonds. The van der Waals surface area contributed by atoms with Crippen molar-refractivity contribution in [2.24, 2.45) is 0 Å². The van der Waals surface area contributed by atoms with Gasteiger partial charge in [0.25, 0.3) is 0 Å². The monoisotopic (exact) mass is 307 g/mol. The van der Waals surface area contributed by atoms with Crippen LogP contribution in [-0.2, 0) is 6.54 Å². The van der Waals surface area contributed by atoms with E-state index in [4.69, 9.17) is 21.1 Å². The van der Waals surface area contributed by atoms with Crippen molar-refractivity contribution < 1.29 is 9.47 Å². The van der Waals surface area contributed by atoms with Gasteiger partial charge >= 0.3 is 0 Å². The number of methoxy groups -OCH3 is 2. The van der Waals surface area contributed by atoms with Crippen LogP contribution in [0.25, 0.3) is 0 Å². The summed E-state index contributed by atoms with van der Waals surface area (Å²) in [5.74, 6) is 1.97. The van der Waals surface area contributed by atoms with Gasteiger partial charge in [0.05, 0.1) is 25.6 Å². The Kier molecular flexibility index (Phi) is 4.85. The number of hydrogen-bond donors (Lipinski definition) is 1. The number of benzene rings is 1. The van der Waals surface area contributed by atoms with Crippen LogP contribution in [0.5, 0.6) is 11.5 Å². The Morgan fingerprint density at radius 3 is 2.38 bits per heavy atom. The molecular weight excluding hydrogens is 290 g/mol. The SMILES string of the molecule is COc1ccc(CNc2nc(C)c(C)nc2Cl)cc1OC. The predicted molar refractivity (Wildman–Crippen MR) is 83.4 cm³/mol. The molecule has 2 rings (SSSR count). The molecule has 0 fully saturated rings. The van der Waals surface area contributed by atoms with Crippen LogP contribution >= 0.6 is 11.6 Å². The highest BCUT2D eigenvalue weighted by molar-refractivity contribution is 6.31. The van der Waals surface area contributed by atoms with Gasteiger partial charge in [0.1, 0.15) is 0 Å². The molecule has 1 N–H and O–H groups in total. The van der Waals surface area contributed by atoms with Crippen molar-refractivity contribution in [3.8, 4) is 11.5 Å². The van der Waals surface area contributed by atoms with Crippen LogP contribution in [0.4, 0.5) is 5.82 Å². The summed E-state index contributed by atoms with van der Waals surface area (Å²) in [6.45, 7) is 4.35. The lowest BCUT2D eigenvalue weighted by atomic mass is 10.2. The van der Waals surface area contributed by atoms with E-state index < -0.39 is 0 Å². The third kappa shape index (κ3) is 3.55. The molecule has 0 atom stereocenters. The first-order valence-electron chi connectivity index (χ1n) is 6.50. The van der Waals surface area contributed by atoms with Gasteiger partial charge in [-0.05, 0) is 31.5 Å². The molecular formula is C15H18ClN3O2. The number of aromatic nitrogens is 2. The maximum absolute atomic E-state index is 6.09. The van der Waals surface area contributed by atoms with Crippen LogP contribution in [0, 0.1) is 13.8 Å². The van der Waals surface area contributed by atoms with E-state index >= 15 is 0 Å². The fourth-order valence-corrected chi connectivity index (χ4v) is 2.10. The molecule has 0 spiro atoms. The van der Waals surface area contributed by atoms with Crippen molar-refractivity contribution in [1.82, 2.24) is 9.97 Å². The standard InChI is InChI=1S/C15H18ClN3O2/c1-9-10(2)19-15(14(16)18-9)17-8-11-5-6-12(20-3)13(7-11)21-4/h5-7H,8H2,1-4H3,(H,17,19). The maximum Gasteiger partial charge on any atom is 0.171 e. The molecule has 1 aromatic carbocycles. The van der Waals surface area contributed by atoms with Crippen LogP contribution in [0.1, 0.15) is 17.0 Å². The minimum absolute atomic E-state index is 0.374. The van der Waals surface area contributed by atoms with Crippen LogP contribution in [-0.4, -0.2) is 24.2 Å². The first-order chi connectivity index (χ1) is 10.0. The van der Waals surface area contributed by atoms with Crippen LogP contribution in [0.3, 0.4) is 0 Å². The quantitative estimate of drug-likeness (QED) is 0.917. The smallest absolute Gasteiger partial charge is 0.171 e. The second kappa shape index (κ2) is 6.63. The predicted octanol–water partition coefficient (Wildman–Crippen LogP) is 3.38. The Morgan fingerprint density at radius 2 is 1.71 bits per heavy atom. The summed E-state index contributed by atoms with van der Waals surface area (Å²) in [7, 11) is 3.22. The lowest BCUT2D eigenvalue weighted by Gasteiger charge is -2.12. The Hall–Kier alpha value is -2.01. The average molecular weight is 308 g/mol. The number of hydrogen-bond acceptors (Lipinski definition) is 5. The molecule has 0 saturated heterocycles. The van der Waals surface area contributed by atoms with E-state index in [-0.39, 0.29) is 0 Å². The normalized spacial score (nSPS) is 10.3. The Bertz CT molecular complexity index is 647. The number of rotatable bonds is 5. The minimum Gasteiger partial charge on any atom is -0.493 e. The molecule has 0 aliphatic rings. The first-order valence-corrected chi connectivity index (χ1v) is 6.88. The molecule has 21 heavy (non-hydrogen) atoms. The molecule has 0 bridgehead atoms. The van der Waals surface area contributed by atoms with Gasteiger partial charge < -0.3 is 14.8 Å². The second-order valence-corrected chi connectivity index (χ2v) is 4.93. The lowest BCUT2D eigenvalue weighted by Crippen LogP contribution is -2.05. The Labute approximate surface area is 129 Å². The van der Waals surface area contributed by atoms with Crippen LogP contribution in [0.2, 0.25) is 5.15 Å². The molecule has 6 heteroatoms. The number of nitrogens with zero attached hydrogens (tertiary/aromatic N) is 2. The first kappa shape index (κ1) is 15.4. The summed E-state index contributed by atoms with van der Waals surface area (Å²) in [5, 5.41) is 3.56. The highest BCUT2D eigenvalue weighted by atomic mass is 35.5. The molecule has 5 nitrogen and oxygen atoms in total. The summed E-state index contributed by atoms with van der Waals surface area (Å²) in [4.78, 5) is 8.64. The van der Waals surface area contributed by atoms with Crippen molar-refractivity contribution in [2.45, 2.75) is 20.4 Å². The summed E-state index contributed by atoms with van der Waals surface area (Å²) in [5.41, 5.74) is 2.72. The molecule has 0 radical (unpaired) electrons. The van der Waals surface area contributed by atoms with E-state index in [9.17, 15) is 0 Å². The number of aryl methyl sites for hydroxylation is 2. The molecule has 0 aliphatic heterocycles. The average Bonchev–Trinajstić information content (AvgIpc) is 2.49. The zero-order valence-electron chi connectivity index (χ0n) is 12.5. The van der Waals surface area contributed by atoms with E-state index in [1.807, 2.05) is 32.0 Å².